The molecule has 0 radical (unpaired) electrons. The Morgan fingerprint density at radius 1 is 0.903 bits per heavy atom. The third kappa shape index (κ3) is 4.17. The van der Waals surface area contributed by atoms with Crippen LogP contribution in [0, 0.1) is 0 Å². The largest absolute Gasteiger partial charge is 0.480 e. The Bertz CT molecular complexity index is 1030. The van der Waals surface area contributed by atoms with E-state index in [0.717, 1.165) is 27.8 Å². The van der Waals surface area contributed by atoms with Crippen molar-refractivity contribution in [3.8, 4) is 11.1 Å². The topological polar surface area (TPSA) is 66.8 Å². The van der Waals surface area contributed by atoms with Crippen molar-refractivity contribution in [3.63, 3.8) is 0 Å². The number of aliphatic carboxylic acids is 1. The fourth-order valence-electron chi connectivity index (χ4n) is 4.29. The molecule has 0 heterocycles. The van der Waals surface area contributed by atoms with Gasteiger partial charge >= 0.3 is 12.1 Å². The van der Waals surface area contributed by atoms with Crippen LogP contribution >= 0.6 is 0 Å². The summed E-state index contributed by atoms with van der Waals surface area (Å²) in [5.41, 5.74) is 5.40. The minimum Gasteiger partial charge on any atom is -0.480 e. The number of nitrogens with zero attached hydrogens (tertiary/aromatic N) is 1. The van der Waals surface area contributed by atoms with Gasteiger partial charge in [0.15, 0.2) is 0 Å². The zero-order valence-corrected chi connectivity index (χ0v) is 17.4. The SMILES string of the molecule is CCC(C(=O)O)N(Cc1ccccc1)C(=O)OCC1c2ccccc2-c2ccccc21. The minimum atomic E-state index is -1.04. The highest BCUT2D eigenvalue weighted by Gasteiger charge is 2.32. The molecule has 0 spiro atoms. The summed E-state index contributed by atoms with van der Waals surface area (Å²) in [7, 11) is 0. The molecule has 0 aromatic heterocycles. The number of amides is 1. The lowest BCUT2D eigenvalue weighted by atomic mass is 9.98. The van der Waals surface area contributed by atoms with Crippen LogP contribution in [-0.4, -0.2) is 34.7 Å². The monoisotopic (exact) mass is 415 g/mol. The van der Waals surface area contributed by atoms with Gasteiger partial charge in [-0.05, 0) is 34.2 Å². The standard InChI is InChI=1S/C26H25NO4/c1-2-24(25(28)29)27(16-18-10-4-3-5-11-18)26(30)31-17-23-21-14-8-6-12-19(21)20-13-7-9-15-22(20)23/h3-15,23-24H,2,16-17H2,1H3,(H,28,29). The second kappa shape index (κ2) is 9.04. The number of hydrogen-bond acceptors (Lipinski definition) is 3. The highest BCUT2D eigenvalue weighted by molar-refractivity contribution is 5.81. The van der Waals surface area contributed by atoms with Gasteiger partial charge < -0.3 is 9.84 Å². The first-order chi connectivity index (χ1) is 15.1. The Hall–Kier alpha value is -3.60. The van der Waals surface area contributed by atoms with Crippen molar-refractivity contribution in [2.24, 2.45) is 0 Å². The summed E-state index contributed by atoms with van der Waals surface area (Å²) in [6.45, 7) is 2.10. The van der Waals surface area contributed by atoms with Crippen LogP contribution < -0.4 is 0 Å². The Morgan fingerprint density at radius 2 is 1.45 bits per heavy atom. The van der Waals surface area contributed by atoms with Crippen LogP contribution in [0.15, 0.2) is 78.9 Å². The maximum absolute atomic E-state index is 13.1. The van der Waals surface area contributed by atoms with Crippen molar-refractivity contribution in [2.75, 3.05) is 6.61 Å². The number of carbonyl (C=O) groups is 2. The molecule has 31 heavy (non-hydrogen) atoms. The molecule has 0 saturated carbocycles. The van der Waals surface area contributed by atoms with Crippen LogP contribution in [0.25, 0.3) is 11.1 Å². The molecule has 3 aromatic carbocycles. The van der Waals surface area contributed by atoms with E-state index in [1.165, 1.54) is 4.90 Å². The smallest absolute Gasteiger partial charge is 0.410 e. The second-order valence-corrected chi connectivity index (χ2v) is 7.68. The normalized spacial score (nSPS) is 13.2. The van der Waals surface area contributed by atoms with E-state index >= 15 is 0 Å². The molecule has 5 nitrogen and oxygen atoms in total. The van der Waals surface area contributed by atoms with Crippen molar-refractivity contribution in [1.29, 1.82) is 0 Å². The molecule has 5 heteroatoms. The Kier molecular flexibility index (Phi) is 6.03. The molecule has 0 saturated heterocycles. The third-order valence-corrected chi connectivity index (χ3v) is 5.81. The molecule has 1 atom stereocenters. The third-order valence-electron chi connectivity index (χ3n) is 5.81. The molecule has 4 rings (SSSR count). The predicted octanol–water partition coefficient (Wildman–Crippen LogP) is 5.30. The number of ether oxygens (including phenoxy) is 1. The number of carbonyl (C=O) groups excluding carboxylic acids is 1. The number of benzene rings is 3. The van der Waals surface area contributed by atoms with Gasteiger partial charge in [0.2, 0.25) is 0 Å². The average Bonchev–Trinajstić information content (AvgIpc) is 3.11. The summed E-state index contributed by atoms with van der Waals surface area (Å²) in [6.07, 6.45) is -0.313. The quantitative estimate of drug-likeness (QED) is 0.569. The lowest BCUT2D eigenvalue weighted by Crippen LogP contribution is -2.44. The number of carboxylic acids is 1. The van der Waals surface area contributed by atoms with Gasteiger partial charge in [-0.15, -0.1) is 0 Å². The van der Waals surface area contributed by atoms with Crippen molar-refractivity contribution in [3.05, 3.63) is 95.6 Å². The number of rotatable bonds is 7. The van der Waals surface area contributed by atoms with E-state index < -0.39 is 18.1 Å². The zero-order valence-electron chi connectivity index (χ0n) is 17.4. The van der Waals surface area contributed by atoms with Gasteiger partial charge in [-0.1, -0.05) is 85.8 Å². The molecule has 1 N–H and O–H groups in total. The average molecular weight is 415 g/mol. The first-order valence-corrected chi connectivity index (χ1v) is 10.5. The first-order valence-electron chi connectivity index (χ1n) is 10.5. The van der Waals surface area contributed by atoms with Gasteiger partial charge in [-0.25, -0.2) is 9.59 Å². The van der Waals surface area contributed by atoms with Crippen LogP contribution in [0.5, 0.6) is 0 Å². The molecule has 0 bridgehead atoms. The number of fused-ring (bicyclic) bond motifs is 3. The van der Waals surface area contributed by atoms with Gasteiger partial charge in [0.25, 0.3) is 0 Å². The van der Waals surface area contributed by atoms with E-state index in [0.29, 0.717) is 6.42 Å². The second-order valence-electron chi connectivity index (χ2n) is 7.68. The van der Waals surface area contributed by atoms with Crippen LogP contribution in [-0.2, 0) is 16.1 Å². The molecule has 0 fully saturated rings. The molecule has 158 valence electrons. The molecule has 3 aromatic rings. The summed E-state index contributed by atoms with van der Waals surface area (Å²) in [5, 5.41) is 9.66. The lowest BCUT2D eigenvalue weighted by molar-refractivity contribution is -0.143. The van der Waals surface area contributed by atoms with Crippen LogP contribution in [0.2, 0.25) is 0 Å². The molecule has 1 aliphatic rings. The zero-order chi connectivity index (χ0) is 21.8. The molecular weight excluding hydrogens is 390 g/mol. The van der Waals surface area contributed by atoms with Gasteiger partial charge in [0, 0.05) is 12.5 Å². The van der Waals surface area contributed by atoms with E-state index in [9.17, 15) is 14.7 Å². The van der Waals surface area contributed by atoms with E-state index in [-0.39, 0.29) is 19.1 Å². The predicted molar refractivity (Wildman–Crippen MR) is 119 cm³/mol. The van der Waals surface area contributed by atoms with Crippen LogP contribution in [0.4, 0.5) is 4.79 Å². The number of carboxylic acid groups (broad SMARTS) is 1. The summed E-state index contributed by atoms with van der Waals surface area (Å²) < 4.78 is 5.73. The van der Waals surface area contributed by atoms with Gasteiger partial charge in [-0.2, -0.15) is 0 Å². The minimum absolute atomic E-state index is 0.0696. The Morgan fingerprint density at radius 3 is 2.00 bits per heavy atom. The maximum Gasteiger partial charge on any atom is 0.410 e. The molecule has 1 aliphatic carbocycles. The van der Waals surface area contributed by atoms with E-state index in [1.54, 1.807) is 6.92 Å². The highest BCUT2D eigenvalue weighted by atomic mass is 16.6. The summed E-state index contributed by atoms with van der Waals surface area (Å²) in [4.78, 5) is 26.2. The van der Waals surface area contributed by atoms with Gasteiger partial charge in [0.05, 0.1) is 0 Å². The van der Waals surface area contributed by atoms with Crippen molar-refractivity contribution in [2.45, 2.75) is 31.8 Å². The van der Waals surface area contributed by atoms with Crippen molar-refractivity contribution < 1.29 is 19.4 Å². The Labute approximate surface area is 181 Å². The van der Waals surface area contributed by atoms with E-state index in [1.807, 2.05) is 54.6 Å². The lowest BCUT2D eigenvalue weighted by Gasteiger charge is -2.28. The van der Waals surface area contributed by atoms with Crippen molar-refractivity contribution >= 4 is 12.1 Å². The van der Waals surface area contributed by atoms with E-state index in [4.69, 9.17) is 4.74 Å². The Balaban J connectivity index is 1.56. The molecular formula is C26H25NO4. The first kappa shape index (κ1) is 20.7. The van der Waals surface area contributed by atoms with Crippen molar-refractivity contribution in [1.82, 2.24) is 4.90 Å². The van der Waals surface area contributed by atoms with Gasteiger partial charge in [0.1, 0.15) is 12.6 Å². The maximum atomic E-state index is 13.1. The summed E-state index contributed by atoms with van der Waals surface area (Å²) in [6, 6.07) is 24.7. The molecule has 1 amide bonds. The van der Waals surface area contributed by atoms with E-state index in [2.05, 4.69) is 24.3 Å². The molecule has 0 aliphatic heterocycles. The van der Waals surface area contributed by atoms with Gasteiger partial charge in [-0.3, -0.25) is 4.90 Å². The number of hydrogen-bond donors (Lipinski definition) is 1. The summed E-state index contributed by atoms with van der Waals surface area (Å²) in [5.74, 6) is -1.10. The molecule has 1 unspecified atom stereocenters. The van der Waals surface area contributed by atoms with Crippen LogP contribution in [0.3, 0.4) is 0 Å². The fraction of sp³-hybridized carbons (Fsp3) is 0.231. The fourth-order valence-corrected chi connectivity index (χ4v) is 4.29. The van der Waals surface area contributed by atoms with Crippen LogP contribution in [0.1, 0.15) is 36.0 Å². The summed E-state index contributed by atoms with van der Waals surface area (Å²) >= 11 is 0. The highest BCUT2D eigenvalue weighted by Crippen LogP contribution is 2.44.